The van der Waals surface area contributed by atoms with Gasteiger partial charge in [0, 0.05) is 25.3 Å². The molecule has 2 heterocycles. The van der Waals surface area contributed by atoms with Crippen LogP contribution in [0.3, 0.4) is 0 Å². The Morgan fingerprint density at radius 3 is 3.05 bits per heavy atom. The summed E-state index contributed by atoms with van der Waals surface area (Å²) in [5.41, 5.74) is 3.79. The number of nitrogens with one attached hydrogen (secondary N) is 1. The summed E-state index contributed by atoms with van der Waals surface area (Å²) in [6.07, 6.45) is 4.25. The summed E-state index contributed by atoms with van der Waals surface area (Å²) in [6.45, 7) is 4.44. The molecule has 20 heavy (non-hydrogen) atoms. The molecule has 0 spiro atoms. The lowest BCUT2D eigenvalue weighted by molar-refractivity contribution is 0.101. The van der Waals surface area contributed by atoms with E-state index in [2.05, 4.69) is 42.4 Å². The van der Waals surface area contributed by atoms with Crippen molar-refractivity contribution in [2.45, 2.75) is 44.8 Å². The summed E-state index contributed by atoms with van der Waals surface area (Å²) in [5.74, 6) is 0.708. The summed E-state index contributed by atoms with van der Waals surface area (Å²) >= 11 is 0. The third-order valence-corrected chi connectivity index (χ3v) is 4.88. The molecule has 3 heteroatoms. The second-order valence-corrected chi connectivity index (χ2v) is 6.55. The Morgan fingerprint density at radius 2 is 2.25 bits per heavy atom. The molecule has 0 aliphatic carbocycles. The summed E-state index contributed by atoms with van der Waals surface area (Å²) in [7, 11) is 2.15. The van der Waals surface area contributed by atoms with E-state index < -0.39 is 0 Å². The minimum atomic E-state index is -0.379. The molecule has 0 bridgehead atoms. The maximum absolute atomic E-state index is 10.7. The van der Waals surface area contributed by atoms with E-state index in [1.165, 1.54) is 24.1 Å². The second kappa shape index (κ2) is 5.74. The van der Waals surface area contributed by atoms with Gasteiger partial charge in [0.15, 0.2) is 0 Å². The highest BCUT2D eigenvalue weighted by Gasteiger charge is 2.26. The zero-order chi connectivity index (χ0) is 14.1. The van der Waals surface area contributed by atoms with E-state index in [9.17, 15) is 5.11 Å². The number of hydrogen-bond acceptors (Lipinski definition) is 3. The van der Waals surface area contributed by atoms with Crippen molar-refractivity contribution in [3.8, 4) is 0 Å². The standard InChI is InChI=1S/C17H26N2O/c1-12-7-8-18-15(10-12)17(20)14-5-6-16-13(11-14)4-3-9-19(16)2/h5-6,11-12,15,17-18,20H,3-4,7-10H2,1-2H3. The monoisotopic (exact) mass is 274 g/mol. The van der Waals surface area contributed by atoms with Gasteiger partial charge in [-0.3, -0.25) is 0 Å². The summed E-state index contributed by atoms with van der Waals surface area (Å²) in [5, 5.41) is 14.1. The molecule has 1 aromatic rings. The molecule has 3 unspecified atom stereocenters. The molecule has 0 aromatic heterocycles. The number of piperidine rings is 1. The van der Waals surface area contributed by atoms with Crippen molar-refractivity contribution in [3.63, 3.8) is 0 Å². The van der Waals surface area contributed by atoms with Gasteiger partial charge >= 0.3 is 0 Å². The van der Waals surface area contributed by atoms with Crippen LogP contribution in [0.15, 0.2) is 18.2 Å². The molecule has 2 aliphatic heterocycles. The first-order valence-corrected chi connectivity index (χ1v) is 7.90. The topological polar surface area (TPSA) is 35.5 Å². The van der Waals surface area contributed by atoms with E-state index in [0.717, 1.165) is 31.5 Å². The average Bonchev–Trinajstić information content (AvgIpc) is 2.46. The fourth-order valence-electron chi connectivity index (χ4n) is 3.61. The highest BCUT2D eigenvalue weighted by molar-refractivity contribution is 5.56. The molecule has 1 aromatic carbocycles. The van der Waals surface area contributed by atoms with Gasteiger partial charge in [-0.25, -0.2) is 0 Å². The van der Waals surface area contributed by atoms with Gasteiger partial charge in [0.05, 0.1) is 6.10 Å². The number of aryl methyl sites for hydroxylation is 1. The average molecular weight is 274 g/mol. The van der Waals surface area contributed by atoms with E-state index in [4.69, 9.17) is 0 Å². The van der Waals surface area contributed by atoms with Crippen LogP contribution >= 0.6 is 0 Å². The van der Waals surface area contributed by atoms with Crippen molar-refractivity contribution in [1.82, 2.24) is 5.32 Å². The fourth-order valence-corrected chi connectivity index (χ4v) is 3.61. The summed E-state index contributed by atoms with van der Waals surface area (Å²) < 4.78 is 0. The van der Waals surface area contributed by atoms with Gasteiger partial charge in [-0.05, 0) is 55.3 Å². The van der Waals surface area contributed by atoms with Crippen molar-refractivity contribution in [1.29, 1.82) is 0 Å². The van der Waals surface area contributed by atoms with E-state index in [0.29, 0.717) is 5.92 Å². The Morgan fingerprint density at radius 1 is 1.40 bits per heavy atom. The molecule has 3 rings (SSSR count). The molecule has 0 saturated carbocycles. The quantitative estimate of drug-likeness (QED) is 0.870. The first-order chi connectivity index (χ1) is 9.65. The number of benzene rings is 1. The fraction of sp³-hybridized carbons (Fsp3) is 0.647. The van der Waals surface area contributed by atoms with Crippen LogP contribution in [0.5, 0.6) is 0 Å². The lowest BCUT2D eigenvalue weighted by Gasteiger charge is -2.33. The number of nitrogens with zero attached hydrogens (tertiary/aromatic N) is 1. The minimum absolute atomic E-state index is 0.207. The van der Waals surface area contributed by atoms with Crippen LogP contribution in [0.1, 0.15) is 43.4 Å². The van der Waals surface area contributed by atoms with Gasteiger partial charge in [0.1, 0.15) is 0 Å². The smallest absolute Gasteiger partial charge is 0.0943 e. The van der Waals surface area contributed by atoms with Crippen LogP contribution in [0.4, 0.5) is 5.69 Å². The van der Waals surface area contributed by atoms with Crippen LogP contribution in [0.2, 0.25) is 0 Å². The van der Waals surface area contributed by atoms with Crippen molar-refractivity contribution in [2.75, 3.05) is 25.0 Å². The predicted molar refractivity (Wildman–Crippen MR) is 83.2 cm³/mol. The molecule has 110 valence electrons. The summed E-state index contributed by atoms with van der Waals surface area (Å²) in [6, 6.07) is 6.71. The normalized spacial score (nSPS) is 28.1. The Labute approximate surface area is 122 Å². The van der Waals surface area contributed by atoms with Crippen LogP contribution in [-0.2, 0) is 6.42 Å². The largest absolute Gasteiger partial charge is 0.387 e. The van der Waals surface area contributed by atoms with Crippen molar-refractivity contribution < 1.29 is 5.11 Å². The number of rotatable bonds is 2. The van der Waals surface area contributed by atoms with Gasteiger partial charge < -0.3 is 15.3 Å². The number of aliphatic hydroxyl groups excluding tert-OH is 1. The van der Waals surface area contributed by atoms with E-state index >= 15 is 0 Å². The van der Waals surface area contributed by atoms with E-state index in [-0.39, 0.29) is 12.1 Å². The van der Waals surface area contributed by atoms with Crippen LogP contribution < -0.4 is 10.2 Å². The van der Waals surface area contributed by atoms with Gasteiger partial charge in [0.25, 0.3) is 0 Å². The number of hydrogen-bond donors (Lipinski definition) is 2. The van der Waals surface area contributed by atoms with Crippen LogP contribution in [0, 0.1) is 5.92 Å². The summed E-state index contributed by atoms with van der Waals surface area (Å²) in [4.78, 5) is 2.32. The molecule has 0 amide bonds. The van der Waals surface area contributed by atoms with Crippen LogP contribution in [0.25, 0.3) is 0 Å². The third-order valence-electron chi connectivity index (χ3n) is 4.88. The third kappa shape index (κ3) is 2.70. The zero-order valence-electron chi connectivity index (χ0n) is 12.6. The van der Waals surface area contributed by atoms with Crippen LogP contribution in [-0.4, -0.2) is 31.3 Å². The molecular weight excluding hydrogens is 248 g/mol. The Bertz CT molecular complexity index is 474. The minimum Gasteiger partial charge on any atom is -0.387 e. The molecule has 1 fully saturated rings. The Balaban J connectivity index is 1.79. The van der Waals surface area contributed by atoms with Gasteiger partial charge in [-0.1, -0.05) is 19.1 Å². The molecule has 0 radical (unpaired) electrons. The van der Waals surface area contributed by atoms with E-state index in [1.807, 2.05) is 0 Å². The van der Waals surface area contributed by atoms with Gasteiger partial charge in [-0.2, -0.15) is 0 Å². The van der Waals surface area contributed by atoms with E-state index in [1.54, 1.807) is 0 Å². The van der Waals surface area contributed by atoms with Gasteiger partial charge in [-0.15, -0.1) is 0 Å². The Kier molecular flexibility index (Phi) is 3.99. The second-order valence-electron chi connectivity index (χ2n) is 6.55. The molecule has 3 nitrogen and oxygen atoms in total. The van der Waals surface area contributed by atoms with Crippen molar-refractivity contribution >= 4 is 5.69 Å². The molecule has 2 aliphatic rings. The first-order valence-electron chi connectivity index (χ1n) is 7.90. The highest BCUT2D eigenvalue weighted by Crippen LogP contribution is 2.31. The highest BCUT2D eigenvalue weighted by atomic mass is 16.3. The SMILES string of the molecule is CC1CCNC(C(O)c2ccc3c(c2)CCCN3C)C1. The van der Waals surface area contributed by atoms with Gasteiger partial charge in [0.2, 0.25) is 0 Å². The lowest BCUT2D eigenvalue weighted by atomic mass is 9.87. The molecule has 3 atom stereocenters. The number of anilines is 1. The Hall–Kier alpha value is -1.06. The molecular formula is C17H26N2O. The molecule has 1 saturated heterocycles. The van der Waals surface area contributed by atoms with Crippen molar-refractivity contribution in [3.05, 3.63) is 29.3 Å². The molecule has 2 N–H and O–H groups in total. The maximum atomic E-state index is 10.7. The number of aliphatic hydroxyl groups is 1. The van der Waals surface area contributed by atoms with Crippen molar-refractivity contribution in [2.24, 2.45) is 5.92 Å². The number of fused-ring (bicyclic) bond motifs is 1. The maximum Gasteiger partial charge on any atom is 0.0943 e. The first kappa shape index (κ1) is 13.9. The zero-order valence-corrected chi connectivity index (χ0v) is 12.6. The predicted octanol–water partition coefficient (Wildman–Crippen LogP) is 2.49. The lowest BCUT2D eigenvalue weighted by Crippen LogP contribution is -2.41.